The predicted molar refractivity (Wildman–Crippen MR) is 133 cm³/mol. The zero-order valence-electron chi connectivity index (χ0n) is 21.7. The van der Waals surface area contributed by atoms with Crippen molar-refractivity contribution in [2.75, 3.05) is 26.8 Å². The maximum atomic E-state index is 12.9. The lowest BCUT2D eigenvalue weighted by Crippen LogP contribution is -2.61. The van der Waals surface area contributed by atoms with Gasteiger partial charge in [0.2, 0.25) is 6.29 Å². The van der Waals surface area contributed by atoms with E-state index in [9.17, 15) is 30.3 Å². The molecule has 3 saturated heterocycles. The van der Waals surface area contributed by atoms with Gasteiger partial charge in [-0.15, -0.1) is 0 Å². The van der Waals surface area contributed by atoms with Crippen LogP contribution in [0.1, 0.15) is 17.7 Å². The van der Waals surface area contributed by atoms with Gasteiger partial charge in [-0.2, -0.15) is 0 Å². The van der Waals surface area contributed by atoms with Crippen LogP contribution < -0.4 is 0 Å². The Balaban J connectivity index is 1.25. The fraction of sp³-hybridized carbons (Fsp3) is 0.593. The molecule has 10 atom stereocenters. The highest BCUT2D eigenvalue weighted by atomic mass is 16.8. The Kier molecular flexibility index (Phi) is 6.14. The minimum atomic E-state index is -1.61. The molecule has 3 fully saturated rings. The lowest BCUT2D eigenvalue weighted by Gasteiger charge is -2.50. The number of aromatic nitrogens is 1. The van der Waals surface area contributed by atoms with Crippen molar-refractivity contribution in [2.24, 2.45) is 11.8 Å². The van der Waals surface area contributed by atoms with E-state index in [-0.39, 0.29) is 5.75 Å². The third-order valence-electron chi connectivity index (χ3n) is 9.14. The van der Waals surface area contributed by atoms with E-state index >= 15 is 0 Å². The van der Waals surface area contributed by atoms with E-state index in [1.165, 1.54) is 13.4 Å². The summed E-state index contributed by atoms with van der Waals surface area (Å²) in [6.45, 7) is 0.642. The van der Waals surface area contributed by atoms with Gasteiger partial charge in [0, 0.05) is 42.4 Å². The molecular weight excluding hydrogens is 528 g/mol. The number of aromatic hydroxyl groups is 1. The number of phenols is 1. The minimum absolute atomic E-state index is 0.155. The summed E-state index contributed by atoms with van der Waals surface area (Å²) < 4.78 is 29.4. The number of ether oxygens (including phenoxy) is 5. The molecule has 13 heteroatoms. The number of methoxy groups -OCH3 is 1. The number of esters is 1. The van der Waals surface area contributed by atoms with E-state index in [1.807, 2.05) is 6.07 Å². The maximum Gasteiger partial charge on any atom is 0.337 e. The summed E-state index contributed by atoms with van der Waals surface area (Å²) in [4.78, 5) is 18.6. The quantitative estimate of drug-likeness (QED) is 0.255. The van der Waals surface area contributed by atoms with Gasteiger partial charge < -0.3 is 54.2 Å². The van der Waals surface area contributed by atoms with Crippen LogP contribution in [0.15, 0.2) is 30.0 Å². The van der Waals surface area contributed by atoms with Gasteiger partial charge >= 0.3 is 5.97 Å². The third kappa shape index (κ3) is 3.66. The van der Waals surface area contributed by atoms with Crippen LogP contribution in [-0.2, 0) is 40.6 Å². The van der Waals surface area contributed by atoms with Crippen LogP contribution >= 0.6 is 0 Å². The number of hydrogen-bond donors (Lipinski definition) is 6. The van der Waals surface area contributed by atoms with Crippen molar-refractivity contribution < 1.29 is 54.0 Å². The summed E-state index contributed by atoms with van der Waals surface area (Å²) >= 11 is 0. The molecule has 1 aromatic carbocycles. The number of H-pyrrole nitrogens is 1. The van der Waals surface area contributed by atoms with Crippen molar-refractivity contribution in [1.82, 2.24) is 9.88 Å². The summed E-state index contributed by atoms with van der Waals surface area (Å²) in [5.74, 6) is -1.32. The molecular formula is C27H32N2O11. The zero-order chi connectivity index (χ0) is 27.9. The van der Waals surface area contributed by atoms with Gasteiger partial charge in [0.05, 0.1) is 43.3 Å². The number of aliphatic hydroxyl groups is 4. The van der Waals surface area contributed by atoms with Gasteiger partial charge in [-0.1, -0.05) is 0 Å². The second-order valence-corrected chi connectivity index (χ2v) is 11.1. The zero-order valence-corrected chi connectivity index (χ0v) is 21.7. The normalized spacial score (nSPS) is 40.5. The van der Waals surface area contributed by atoms with E-state index in [0.717, 1.165) is 28.6 Å². The Morgan fingerprint density at radius 2 is 2.02 bits per heavy atom. The van der Waals surface area contributed by atoms with Crippen molar-refractivity contribution in [1.29, 1.82) is 0 Å². The van der Waals surface area contributed by atoms with Gasteiger partial charge in [0.1, 0.15) is 30.2 Å². The van der Waals surface area contributed by atoms with Crippen molar-refractivity contribution in [3.63, 3.8) is 0 Å². The molecule has 5 aliphatic heterocycles. The summed E-state index contributed by atoms with van der Waals surface area (Å²) in [6.07, 6.45) is -6.34. The van der Waals surface area contributed by atoms with E-state index < -0.39 is 73.2 Å². The Morgan fingerprint density at radius 1 is 1.20 bits per heavy atom. The van der Waals surface area contributed by atoms with Gasteiger partial charge in [0.25, 0.3) is 0 Å². The van der Waals surface area contributed by atoms with Crippen molar-refractivity contribution in [3.05, 3.63) is 41.3 Å². The summed E-state index contributed by atoms with van der Waals surface area (Å²) in [7, 11) is 1.30. The standard InChI is InChI=1S/C27H32N2O11/c1-36-24(35)15-10-37-25(39-26-22(34)21(33)20(32)18(9-30)38-26)19-14(15)7-27-23-13(4-5-29(27)8-17(19)40-27)12-3-2-11(31)6-16(12)28-23/h2-3,6,10,14,17-22,25-26,28,30-34H,4-5,7-9H2,1H3/t14-,17-,18-,19+,20-,21+,22-,25+,26+,27+/m1/s1. The van der Waals surface area contributed by atoms with E-state index in [1.54, 1.807) is 12.1 Å². The van der Waals surface area contributed by atoms with Gasteiger partial charge in [-0.25, -0.2) is 4.79 Å². The molecule has 0 amide bonds. The molecule has 6 heterocycles. The molecule has 13 nitrogen and oxygen atoms in total. The Hall–Kier alpha value is -2.75. The SMILES string of the molecule is COC(=O)C1=CO[C@@H](O[C@@H]2O[C@H](CO)[C@@H](O)[C@H](O)[C@H]2O)[C@H]2[C@@H]1C[C@@]13O[C@@H]2CN1CCc1c3[nH]c2cc(O)ccc12. The Labute approximate surface area is 228 Å². The van der Waals surface area contributed by atoms with Crippen LogP contribution in [0.2, 0.25) is 0 Å². The number of phenolic OH excluding ortho intramolecular Hbond substituents is 1. The van der Waals surface area contributed by atoms with Crippen LogP contribution in [0.4, 0.5) is 0 Å². The number of hydrogen-bond acceptors (Lipinski definition) is 12. The molecule has 5 aliphatic rings. The first-order valence-corrected chi connectivity index (χ1v) is 13.4. The lowest BCUT2D eigenvalue weighted by molar-refractivity contribution is -0.350. The molecule has 7 rings (SSSR count). The third-order valence-corrected chi connectivity index (χ3v) is 9.14. The first kappa shape index (κ1) is 26.2. The summed E-state index contributed by atoms with van der Waals surface area (Å²) in [5.41, 5.74) is 2.27. The van der Waals surface area contributed by atoms with Crippen molar-refractivity contribution in [3.8, 4) is 5.75 Å². The second-order valence-electron chi connectivity index (χ2n) is 11.1. The molecule has 1 aromatic heterocycles. The molecule has 0 radical (unpaired) electrons. The highest BCUT2D eigenvalue weighted by Gasteiger charge is 2.64. The van der Waals surface area contributed by atoms with Crippen LogP contribution in [0, 0.1) is 11.8 Å². The lowest BCUT2D eigenvalue weighted by atomic mass is 9.73. The fourth-order valence-corrected chi connectivity index (χ4v) is 7.22. The number of benzene rings is 1. The predicted octanol–water partition coefficient (Wildman–Crippen LogP) is -0.851. The van der Waals surface area contributed by atoms with Crippen molar-refractivity contribution >= 4 is 16.9 Å². The first-order valence-electron chi connectivity index (χ1n) is 13.4. The Bertz CT molecular complexity index is 1360. The molecule has 2 aromatic rings. The number of aromatic amines is 1. The van der Waals surface area contributed by atoms with Gasteiger partial charge in [-0.3, -0.25) is 4.90 Å². The average molecular weight is 561 g/mol. The van der Waals surface area contributed by atoms with Crippen LogP contribution in [0.25, 0.3) is 10.9 Å². The molecule has 1 spiro atoms. The Morgan fingerprint density at radius 3 is 2.80 bits per heavy atom. The van der Waals surface area contributed by atoms with E-state index in [0.29, 0.717) is 25.1 Å². The topological polar surface area (TPSA) is 183 Å². The number of rotatable bonds is 4. The first-order chi connectivity index (χ1) is 19.3. The number of carbonyl (C=O) groups excluding carboxylic acids is 1. The minimum Gasteiger partial charge on any atom is -0.508 e. The number of fused-ring (bicyclic) bond motifs is 6. The molecule has 0 saturated carbocycles. The summed E-state index contributed by atoms with van der Waals surface area (Å²) in [6, 6.07) is 5.24. The molecule has 0 aliphatic carbocycles. The van der Waals surface area contributed by atoms with E-state index in [4.69, 9.17) is 23.7 Å². The number of nitrogens with one attached hydrogen (secondary N) is 1. The molecule has 2 bridgehead atoms. The highest BCUT2D eigenvalue weighted by Crippen LogP contribution is 2.57. The summed E-state index contributed by atoms with van der Waals surface area (Å²) in [5, 5.41) is 51.6. The largest absolute Gasteiger partial charge is 0.508 e. The number of carbonyl (C=O) groups is 1. The fourth-order valence-electron chi connectivity index (χ4n) is 7.22. The van der Waals surface area contributed by atoms with Gasteiger partial charge in [-0.05, 0) is 24.1 Å². The van der Waals surface area contributed by atoms with Crippen LogP contribution in [-0.4, -0.2) is 111 Å². The van der Waals surface area contributed by atoms with Crippen LogP contribution in [0.5, 0.6) is 5.75 Å². The van der Waals surface area contributed by atoms with E-state index in [2.05, 4.69) is 9.88 Å². The van der Waals surface area contributed by atoms with Gasteiger partial charge in [0.15, 0.2) is 12.0 Å². The second kappa shape index (κ2) is 9.39. The van der Waals surface area contributed by atoms with Crippen molar-refractivity contribution in [2.45, 2.75) is 61.7 Å². The monoisotopic (exact) mass is 560 g/mol. The molecule has 0 unspecified atom stereocenters. The highest BCUT2D eigenvalue weighted by molar-refractivity contribution is 5.89. The number of aliphatic hydroxyl groups excluding tert-OH is 4. The number of nitrogens with zero attached hydrogens (tertiary/aromatic N) is 1. The smallest absolute Gasteiger partial charge is 0.337 e. The maximum absolute atomic E-state index is 12.9. The van der Waals surface area contributed by atoms with Crippen LogP contribution in [0.3, 0.4) is 0 Å². The molecule has 216 valence electrons. The average Bonchev–Trinajstić information content (AvgIpc) is 3.47. The molecule has 6 N–H and O–H groups in total. The molecule has 40 heavy (non-hydrogen) atoms.